The lowest BCUT2D eigenvalue weighted by Gasteiger charge is -2.27. The average Bonchev–Trinajstić information content (AvgIpc) is 3.10. The maximum Gasteiger partial charge on any atom is 0.327 e. The maximum atomic E-state index is 13.6. The van der Waals surface area contributed by atoms with Gasteiger partial charge in [-0.25, -0.2) is 4.79 Å². The van der Waals surface area contributed by atoms with Crippen LogP contribution < -0.4 is 49.1 Å². The van der Waals surface area contributed by atoms with Crippen LogP contribution in [0, 0.1) is 0 Å². The molecule has 0 rings (SSSR count). The van der Waals surface area contributed by atoms with Gasteiger partial charge < -0.3 is 69.5 Å². The van der Waals surface area contributed by atoms with Gasteiger partial charge in [0.1, 0.15) is 36.3 Å². The van der Waals surface area contributed by atoms with E-state index in [2.05, 4.69) is 57.2 Å². The number of carboxylic acids is 3. The Bertz CT molecular complexity index is 1390. The molecule has 0 saturated heterocycles. The fraction of sp³-hybridized carbons (Fsp3) is 0.667. The number of thiol groups is 2. The zero-order valence-corrected chi connectivity index (χ0v) is 31.7. The second kappa shape index (κ2) is 26.1. The van der Waals surface area contributed by atoms with E-state index in [9.17, 15) is 68.4 Å². The summed E-state index contributed by atoms with van der Waals surface area (Å²) in [6.45, 7) is 1.28. The lowest BCUT2D eigenvalue weighted by Crippen LogP contribution is -2.61. The molecule has 0 unspecified atom stereocenters. The monoisotopic (exact) mass is 825 g/mol. The molecule has 0 heterocycles. The Kier molecular flexibility index (Phi) is 23.9. The number of primary amides is 1. The van der Waals surface area contributed by atoms with E-state index in [1.165, 1.54) is 0 Å². The first-order valence-corrected chi connectivity index (χ1v) is 18.1. The average molecular weight is 826 g/mol. The number of hydrogen-bond acceptors (Lipinski definition) is 15. The van der Waals surface area contributed by atoms with Gasteiger partial charge in [-0.3, -0.25) is 43.2 Å². The number of rotatable bonds is 28. The lowest BCUT2D eigenvalue weighted by molar-refractivity contribution is -0.142. The molecule has 16 N–H and O–H groups in total. The molecule has 312 valence electrons. The van der Waals surface area contributed by atoms with Crippen molar-refractivity contribution < 1.29 is 68.4 Å². The molecular formula is C30H51N9O14S2. The minimum absolute atomic E-state index is 0.131. The van der Waals surface area contributed by atoms with Crippen molar-refractivity contribution in [3.8, 4) is 0 Å². The van der Waals surface area contributed by atoms with E-state index in [1.807, 2.05) is 0 Å². The van der Waals surface area contributed by atoms with Gasteiger partial charge in [0.05, 0.1) is 18.6 Å². The van der Waals surface area contributed by atoms with Gasteiger partial charge in [0.25, 0.3) is 0 Å². The van der Waals surface area contributed by atoms with Crippen molar-refractivity contribution in [2.24, 2.45) is 17.2 Å². The fourth-order valence-corrected chi connectivity index (χ4v) is 4.94. The van der Waals surface area contributed by atoms with Crippen molar-refractivity contribution in [2.75, 3.05) is 18.1 Å². The van der Waals surface area contributed by atoms with Crippen LogP contribution in [-0.2, 0) is 47.9 Å². The number of carbonyl (C=O) groups is 10. The van der Waals surface area contributed by atoms with Crippen molar-refractivity contribution in [3.05, 3.63) is 0 Å². The van der Waals surface area contributed by atoms with E-state index >= 15 is 0 Å². The first kappa shape index (κ1) is 50.3. The topological polar surface area (TPSA) is 402 Å². The summed E-state index contributed by atoms with van der Waals surface area (Å²) < 4.78 is 0. The molecule has 7 amide bonds. The quantitative estimate of drug-likeness (QED) is 0.0258. The summed E-state index contributed by atoms with van der Waals surface area (Å²) in [6, 6.07) is -11.2. The van der Waals surface area contributed by atoms with Crippen LogP contribution in [0.15, 0.2) is 0 Å². The molecule has 0 saturated carbocycles. The fourth-order valence-electron chi connectivity index (χ4n) is 4.52. The molecular weight excluding hydrogens is 775 g/mol. The Hall–Kier alpha value is -4.72. The molecule has 8 atom stereocenters. The Morgan fingerprint density at radius 1 is 0.582 bits per heavy atom. The van der Waals surface area contributed by atoms with Crippen LogP contribution in [0.4, 0.5) is 0 Å². The number of nitrogens with two attached hydrogens (primary N) is 3. The first-order chi connectivity index (χ1) is 25.7. The van der Waals surface area contributed by atoms with Gasteiger partial charge in [-0.15, -0.1) is 0 Å². The molecule has 0 aromatic rings. The highest BCUT2D eigenvalue weighted by molar-refractivity contribution is 7.80. The number of aliphatic carboxylic acids is 3. The van der Waals surface area contributed by atoms with Gasteiger partial charge in [0.15, 0.2) is 0 Å². The first-order valence-electron chi connectivity index (χ1n) is 16.8. The SMILES string of the molecule is C[C@@H](O)[C@H](NC(=O)[C@@H](N)CS)C(=O)N[C@@H](CC(=O)O)C(=O)N[C@@H](CCC(=O)O)C(=O)N[C@@H](CCCCN)C(=O)N[C@@H](CCC(N)=O)C(=O)N[C@@H](CS)C(=O)O. The largest absolute Gasteiger partial charge is 0.481 e. The molecule has 0 aliphatic rings. The molecule has 0 spiro atoms. The van der Waals surface area contributed by atoms with E-state index in [0.29, 0.717) is 6.42 Å². The molecule has 0 fully saturated rings. The van der Waals surface area contributed by atoms with Gasteiger partial charge in [0.2, 0.25) is 41.4 Å². The van der Waals surface area contributed by atoms with E-state index < -0.39 is 133 Å². The maximum absolute atomic E-state index is 13.6. The Morgan fingerprint density at radius 3 is 1.44 bits per heavy atom. The standard InChI is InChI=1S/C30H51N9O14S2/c1-13(40)23(39-24(46)14(32)11-54)29(51)37-18(10-22(44)45)28(50)36-17(6-8-21(42)43)26(48)34-15(4-2-3-9-31)25(47)35-16(5-7-20(33)41)27(49)38-19(12-55)30(52)53/h13-19,23,40,54-55H,2-12,31-32H2,1H3,(H2,33,41)(H,34,48)(H,35,47)(H,36,50)(H,37,51)(H,38,49)(H,39,46)(H,42,43)(H,44,45)(H,52,53)/t13-,14+,15+,16+,17+,18+,19+,23+/m1/s1. The summed E-state index contributed by atoms with van der Waals surface area (Å²) >= 11 is 7.74. The summed E-state index contributed by atoms with van der Waals surface area (Å²) in [7, 11) is 0. The minimum Gasteiger partial charge on any atom is -0.481 e. The van der Waals surface area contributed by atoms with Crippen molar-refractivity contribution in [1.29, 1.82) is 0 Å². The van der Waals surface area contributed by atoms with Crippen LogP contribution >= 0.6 is 25.3 Å². The molecule has 0 aliphatic carbocycles. The van der Waals surface area contributed by atoms with Gasteiger partial charge >= 0.3 is 17.9 Å². The third kappa shape index (κ3) is 20.0. The van der Waals surface area contributed by atoms with Crippen LogP contribution in [0.2, 0.25) is 0 Å². The highest BCUT2D eigenvalue weighted by atomic mass is 32.1. The Morgan fingerprint density at radius 2 is 1.04 bits per heavy atom. The molecule has 0 radical (unpaired) electrons. The van der Waals surface area contributed by atoms with Gasteiger partial charge in [-0.05, 0) is 45.6 Å². The minimum atomic E-state index is -1.96. The van der Waals surface area contributed by atoms with E-state index in [0.717, 1.165) is 6.92 Å². The number of hydrogen-bond donors (Lipinski definition) is 15. The molecule has 0 aliphatic heterocycles. The van der Waals surface area contributed by atoms with Crippen molar-refractivity contribution in [1.82, 2.24) is 31.9 Å². The Labute approximate surface area is 326 Å². The lowest BCUT2D eigenvalue weighted by atomic mass is 10.0. The van der Waals surface area contributed by atoms with Crippen LogP contribution in [-0.4, -0.2) is 146 Å². The predicted molar refractivity (Wildman–Crippen MR) is 197 cm³/mol. The number of aliphatic hydroxyl groups is 1. The highest BCUT2D eigenvalue weighted by Crippen LogP contribution is 2.08. The highest BCUT2D eigenvalue weighted by Gasteiger charge is 2.35. The molecule has 23 nitrogen and oxygen atoms in total. The van der Waals surface area contributed by atoms with Crippen molar-refractivity contribution in [3.63, 3.8) is 0 Å². The zero-order valence-electron chi connectivity index (χ0n) is 29.9. The summed E-state index contributed by atoms with van der Waals surface area (Å²) in [6.07, 6.45) is -4.39. The summed E-state index contributed by atoms with van der Waals surface area (Å²) in [5.41, 5.74) is 16.3. The summed E-state index contributed by atoms with van der Waals surface area (Å²) in [5, 5.41) is 51.4. The number of nitrogens with one attached hydrogen (secondary N) is 6. The van der Waals surface area contributed by atoms with Crippen molar-refractivity contribution in [2.45, 2.75) is 107 Å². The molecule has 55 heavy (non-hydrogen) atoms. The predicted octanol–water partition coefficient (Wildman–Crippen LogP) is -5.72. The van der Waals surface area contributed by atoms with E-state index in [-0.39, 0.29) is 37.3 Å². The normalized spacial score (nSPS) is 15.2. The van der Waals surface area contributed by atoms with Gasteiger partial charge in [0, 0.05) is 24.3 Å². The van der Waals surface area contributed by atoms with E-state index in [4.69, 9.17) is 17.2 Å². The van der Waals surface area contributed by atoms with Crippen LogP contribution in [0.1, 0.15) is 58.3 Å². The zero-order chi connectivity index (χ0) is 42.4. The number of unbranched alkanes of at least 4 members (excludes halogenated alkanes) is 1. The van der Waals surface area contributed by atoms with Crippen molar-refractivity contribution >= 4 is 84.5 Å². The molecule has 25 heteroatoms. The third-order valence-electron chi connectivity index (χ3n) is 7.58. The summed E-state index contributed by atoms with van der Waals surface area (Å²) in [5.74, 6) is -12.5. The number of carbonyl (C=O) groups excluding carboxylic acids is 7. The molecule has 0 aromatic heterocycles. The van der Waals surface area contributed by atoms with Crippen LogP contribution in [0.5, 0.6) is 0 Å². The second-order valence-electron chi connectivity index (χ2n) is 12.2. The summed E-state index contributed by atoms with van der Waals surface area (Å²) in [4.78, 5) is 125. The number of carboxylic acid groups (broad SMARTS) is 3. The van der Waals surface area contributed by atoms with Crippen LogP contribution in [0.3, 0.4) is 0 Å². The smallest absolute Gasteiger partial charge is 0.327 e. The Balaban J connectivity index is 6.44. The van der Waals surface area contributed by atoms with Gasteiger partial charge in [-0.1, -0.05) is 0 Å². The number of aliphatic hydroxyl groups excluding tert-OH is 1. The van der Waals surface area contributed by atoms with Gasteiger partial charge in [-0.2, -0.15) is 25.3 Å². The number of amides is 7. The third-order valence-corrected chi connectivity index (χ3v) is 8.34. The molecule has 0 aromatic carbocycles. The second-order valence-corrected chi connectivity index (χ2v) is 12.9. The van der Waals surface area contributed by atoms with E-state index in [1.54, 1.807) is 0 Å². The molecule has 0 bridgehead atoms. The van der Waals surface area contributed by atoms with Crippen LogP contribution in [0.25, 0.3) is 0 Å².